The molecular formula is C10H17N. The summed E-state index contributed by atoms with van der Waals surface area (Å²) in [6.45, 7) is 6.17. The first kappa shape index (κ1) is 10.2. The summed E-state index contributed by atoms with van der Waals surface area (Å²) in [5, 5.41) is 6.95. The molecule has 0 aliphatic carbocycles. The van der Waals surface area contributed by atoms with Gasteiger partial charge in [0.1, 0.15) is 0 Å². The predicted molar refractivity (Wildman–Crippen MR) is 51.2 cm³/mol. The zero-order valence-electron chi connectivity index (χ0n) is 7.65. The molecule has 0 saturated heterocycles. The summed E-state index contributed by atoms with van der Waals surface area (Å²) in [6.07, 6.45) is 7.73. The number of allylic oxidation sites excluding steroid dienone is 4. The van der Waals surface area contributed by atoms with Crippen LogP contribution in [0.2, 0.25) is 0 Å². The summed E-state index contributed by atoms with van der Waals surface area (Å²) < 4.78 is 0. The molecule has 0 bridgehead atoms. The van der Waals surface area contributed by atoms with Crippen molar-refractivity contribution in [2.75, 3.05) is 0 Å². The van der Waals surface area contributed by atoms with E-state index in [1.807, 2.05) is 6.92 Å². The van der Waals surface area contributed by atoms with Crippen LogP contribution in [0.25, 0.3) is 0 Å². The second-order valence-corrected chi connectivity index (χ2v) is 2.60. The fourth-order valence-corrected chi connectivity index (χ4v) is 0.817. The van der Waals surface area contributed by atoms with Gasteiger partial charge in [0, 0.05) is 6.21 Å². The van der Waals surface area contributed by atoms with Crippen molar-refractivity contribution in [3.05, 3.63) is 23.3 Å². The summed E-state index contributed by atoms with van der Waals surface area (Å²) >= 11 is 0. The molecule has 0 aromatic heterocycles. The average molecular weight is 151 g/mol. The van der Waals surface area contributed by atoms with Crippen molar-refractivity contribution in [3.63, 3.8) is 0 Å². The van der Waals surface area contributed by atoms with Crippen LogP contribution >= 0.6 is 0 Å². The van der Waals surface area contributed by atoms with Gasteiger partial charge in [0.2, 0.25) is 0 Å². The van der Waals surface area contributed by atoms with Gasteiger partial charge in [-0.05, 0) is 32.3 Å². The lowest BCUT2D eigenvalue weighted by molar-refractivity contribution is 1.02. The summed E-state index contributed by atoms with van der Waals surface area (Å²) in [6, 6.07) is 0. The summed E-state index contributed by atoms with van der Waals surface area (Å²) in [5.74, 6) is 0. The van der Waals surface area contributed by atoms with Crippen LogP contribution in [0.5, 0.6) is 0 Å². The highest BCUT2D eigenvalue weighted by molar-refractivity contribution is 5.74. The minimum absolute atomic E-state index is 0.994. The van der Waals surface area contributed by atoms with E-state index in [1.54, 1.807) is 0 Å². The molecule has 1 N–H and O–H groups in total. The Kier molecular flexibility index (Phi) is 5.44. The van der Waals surface area contributed by atoms with Gasteiger partial charge >= 0.3 is 0 Å². The van der Waals surface area contributed by atoms with E-state index < -0.39 is 0 Å². The van der Waals surface area contributed by atoms with Gasteiger partial charge in [-0.1, -0.05) is 24.6 Å². The van der Waals surface area contributed by atoms with E-state index in [-0.39, 0.29) is 0 Å². The molecule has 1 nitrogen and oxygen atoms in total. The number of hydrogen-bond donors (Lipinski definition) is 1. The Bertz CT molecular complexity index is 175. The summed E-state index contributed by atoms with van der Waals surface area (Å²) in [4.78, 5) is 0. The fraction of sp³-hybridized carbons (Fsp3) is 0.500. The third kappa shape index (κ3) is 4.54. The second-order valence-electron chi connectivity index (χ2n) is 2.60. The molecule has 0 spiro atoms. The third-order valence-corrected chi connectivity index (χ3v) is 1.78. The molecule has 1 heteroatoms. The molecular weight excluding hydrogens is 134 g/mol. The average Bonchev–Trinajstić information content (AvgIpc) is 2.06. The van der Waals surface area contributed by atoms with Crippen LogP contribution in [-0.2, 0) is 0 Å². The zero-order valence-corrected chi connectivity index (χ0v) is 7.65. The highest BCUT2D eigenvalue weighted by Gasteiger charge is 1.88. The minimum Gasteiger partial charge on any atom is -0.308 e. The molecule has 0 heterocycles. The van der Waals surface area contributed by atoms with E-state index in [2.05, 4.69) is 26.0 Å². The maximum absolute atomic E-state index is 6.95. The molecule has 0 aliphatic heterocycles. The molecule has 0 aromatic carbocycles. The molecule has 0 aliphatic rings. The number of hydrogen-bond acceptors (Lipinski definition) is 1. The van der Waals surface area contributed by atoms with Crippen LogP contribution in [-0.4, -0.2) is 6.21 Å². The highest BCUT2D eigenvalue weighted by Crippen LogP contribution is 2.07. The van der Waals surface area contributed by atoms with Crippen LogP contribution in [0.1, 0.15) is 33.6 Å². The van der Waals surface area contributed by atoms with Crippen molar-refractivity contribution >= 4 is 6.21 Å². The Labute approximate surface area is 69.3 Å². The first-order valence-corrected chi connectivity index (χ1v) is 4.05. The monoisotopic (exact) mass is 151 g/mol. The summed E-state index contributed by atoms with van der Waals surface area (Å²) in [5.41, 5.74) is 2.48. The number of rotatable bonds is 4. The van der Waals surface area contributed by atoms with Gasteiger partial charge in [-0.2, -0.15) is 0 Å². The van der Waals surface area contributed by atoms with Gasteiger partial charge in [0.25, 0.3) is 0 Å². The first-order chi connectivity index (χ1) is 5.24. The highest BCUT2D eigenvalue weighted by atomic mass is 14.3. The maximum Gasteiger partial charge on any atom is 0.0203 e. The molecule has 0 aromatic rings. The third-order valence-electron chi connectivity index (χ3n) is 1.78. The lowest BCUT2D eigenvalue weighted by Crippen LogP contribution is -1.80. The van der Waals surface area contributed by atoms with E-state index >= 15 is 0 Å². The van der Waals surface area contributed by atoms with Crippen molar-refractivity contribution in [2.24, 2.45) is 0 Å². The van der Waals surface area contributed by atoms with Gasteiger partial charge < -0.3 is 5.41 Å². The molecule has 0 atom stereocenters. The number of nitrogens with one attached hydrogen (secondary N) is 1. The van der Waals surface area contributed by atoms with Gasteiger partial charge in [-0.15, -0.1) is 0 Å². The molecule has 11 heavy (non-hydrogen) atoms. The van der Waals surface area contributed by atoms with Crippen molar-refractivity contribution in [3.8, 4) is 0 Å². The van der Waals surface area contributed by atoms with Gasteiger partial charge in [0.05, 0.1) is 0 Å². The molecule has 0 fully saturated rings. The molecule has 0 amide bonds. The van der Waals surface area contributed by atoms with E-state index in [0.717, 1.165) is 18.4 Å². The lowest BCUT2D eigenvalue weighted by Gasteiger charge is -1.98. The topological polar surface area (TPSA) is 23.9 Å². The van der Waals surface area contributed by atoms with Crippen molar-refractivity contribution in [1.82, 2.24) is 0 Å². The normalized spacial score (nSPS) is 13.4. The van der Waals surface area contributed by atoms with E-state index in [4.69, 9.17) is 5.41 Å². The lowest BCUT2D eigenvalue weighted by atomic mass is 10.1. The molecule has 0 saturated carbocycles. The van der Waals surface area contributed by atoms with E-state index in [9.17, 15) is 0 Å². The minimum atomic E-state index is 0.994. The van der Waals surface area contributed by atoms with Gasteiger partial charge in [-0.25, -0.2) is 0 Å². The van der Waals surface area contributed by atoms with Crippen molar-refractivity contribution in [1.29, 1.82) is 5.41 Å². The van der Waals surface area contributed by atoms with E-state index in [1.165, 1.54) is 11.8 Å². The zero-order chi connectivity index (χ0) is 8.69. The van der Waals surface area contributed by atoms with Gasteiger partial charge in [-0.3, -0.25) is 0 Å². The van der Waals surface area contributed by atoms with Crippen LogP contribution in [0.15, 0.2) is 23.3 Å². The van der Waals surface area contributed by atoms with Gasteiger partial charge in [0.15, 0.2) is 0 Å². The van der Waals surface area contributed by atoms with Crippen LogP contribution in [0, 0.1) is 5.41 Å². The summed E-state index contributed by atoms with van der Waals surface area (Å²) in [7, 11) is 0. The Morgan fingerprint density at radius 3 is 2.45 bits per heavy atom. The van der Waals surface area contributed by atoms with Crippen LogP contribution in [0.3, 0.4) is 0 Å². The van der Waals surface area contributed by atoms with Crippen LogP contribution < -0.4 is 0 Å². The van der Waals surface area contributed by atoms with E-state index in [0.29, 0.717) is 0 Å². The SMILES string of the molecule is C/C=C(/CC)C/C=C(/C)C=N. The van der Waals surface area contributed by atoms with Crippen molar-refractivity contribution in [2.45, 2.75) is 33.6 Å². The Hall–Kier alpha value is -0.850. The van der Waals surface area contributed by atoms with Crippen molar-refractivity contribution < 1.29 is 0 Å². The molecule has 62 valence electrons. The quantitative estimate of drug-likeness (QED) is 0.470. The molecule has 0 rings (SSSR count). The second kappa shape index (κ2) is 5.90. The van der Waals surface area contributed by atoms with Crippen LogP contribution in [0.4, 0.5) is 0 Å². The standard InChI is InChI=1S/C10H17N/c1-4-10(5-2)7-6-9(3)8-11/h4,6,8,11H,5,7H2,1-3H3/b9-6-,10-4-,11-8?. The Morgan fingerprint density at radius 2 is 2.09 bits per heavy atom. The smallest absolute Gasteiger partial charge is 0.0203 e. The first-order valence-electron chi connectivity index (χ1n) is 4.05. The molecule has 0 unspecified atom stereocenters. The molecule has 0 radical (unpaired) electrons. The maximum atomic E-state index is 6.95. The fourth-order valence-electron chi connectivity index (χ4n) is 0.817. The largest absolute Gasteiger partial charge is 0.308 e. The predicted octanol–water partition coefficient (Wildman–Crippen LogP) is 3.33. The Balaban J connectivity index is 3.95. The Morgan fingerprint density at radius 1 is 1.45 bits per heavy atom.